The molecule has 0 radical (unpaired) electrons. The number of aromatic carboxylic acids is 1. The maximum atomic E-state index is 10.9. The molecule has 2 N–H and O–H groups in total. The van der Waals surface area contributed by atoms with E-state index in [0.717, 1.165) is 25.5 Å². The van der Waals surface area contributed by atoms with Crippen LogP contribution in [0.3, 0.4) is 0 Å². The van der Waals surface area contributed by atoms with E-state index in [1.54, 1.807) is 0 Å². The van der Waals surface area contributed by atoms with Crippen molar-refractivity contribution in [3.8, 4) is 0 Å². The number of hydrogen-bond donors (Lipinski definition) is 2. The molecule has 0 aliphatic carbocycles. The van der Waals surface area contributed by atoms with Gasteiger partial charge in [-0.3, -0.25) is 10.1 Å². The standard InChI is InChI=1S/C11H12N2O4/c14-11(15)7-3-4-8(9-2-1-5-12-9)10(6-7)13(16)17/h3-4,6,9,12H,1-2,5H2,(H,14,15)/t9-/m1/s1. The summed E-state index contributed by atoms with van der Waals surface area (Å²) in [4.78, 5) is 21.2. The van der Waals surface area contributed by atoms with E-state index >= 15 is 0 Å². The smallest absolute Gasteiger partial charge is 0.335 e. The Morgan fingerprint density at radius 2 is 2.29 bits per heavy atom. The Labute approximate surface area is 97.4 Å². The summed E-state index contributed by atoms with van der Waals surface area (Å²) in [6, 6.07) is 4.02. The quantitative estimate of drug-likeness (QED) is 0.615. The predicted molar refractivity (Wildman–Crippen MR) is 60.0 cm³/mol. The van der Waals surface area contributed by atoms with E-state index in [-0.39, 0.29) is 17.3 Å². The zero-order valence-corrected chi connectivity index (χ0v) is 9.05. The largest absolute Gasteiger partial charge is 0.478 e. The van der Waals surface area contributed by atoms with Gasteiger partial charge in [0.05, 0.1) is 10.5 Å². The molecule has 1 aromatic rings. The number of nitrogens with zero attached hydrogens (tertiary/aromatic N) is 1. The fraction of sp³-hybridized carbons (Fsp3) is 0.364. The maximum absolute atomic E-state index is 10.9. The summed E-state index contributed by atoms with van der Waals surface area (Å²) in [5.74, 6) is -1.15. The highest BCUT2D eigenvalue weighted by Gasteiger charge is 2.25. The van der Waals surface area contributed by atoms with E-state index in [1.807, 2.05) is 0 Å². The van der Waals surface area contributed by atoms with Gasteiger partial charge in [0.2, 0.25) is 0 Å². The summed E-state index contributed by atoms with van der Waals surface area (Å²) in [6.45, 7) is 0.836. The van der Waals surface area contributed by atoms with Gasteiger partial charge in [-0.25, -0.2) is 4.79 Å². The van der Waals surface area contributed by atoms with E-state index < -0.39 is 10.9 Å². The van der Waals surface area contributed by atoms with E-state index in [0.29, 0.717) is 5.56 Å². The zero-order valence-electron chi connectivity index (χ0n) is 9.05. The lowest BCUT2D eigenvalue weighted by atomic mass is 10.0. The van der Waals surface area contributed by atoms with Gasteiger partial charge in [0, 0.05) is 17.7 Å². The number of nitro groups is 1. The van der Waals surface area contributed by atoms with Gasteiger partial charge in [0.25, 0.3) is 5.69 Å². The van der Waals surface area contributed by atoms with Gasteiger partial charge in [-0.15, -0.1) is 0 Å². The fourth-order valence-electron chi connectivity index (χ4n) is 2.08. The molecule has 0 aromatic heterocycles. The van der Waals surface area contributed by atoms with E-state index in [4.69, 9.17) is 5.11 Å². The fourth-order valence-corrected chi connectivity index (χ4v) is 2.08. The first-order valence-electron chi connectivity index (χ1n) is 5.34. The monoisotopic (exact) mass is 236 g/mol. The van der Waals surface area contributed by atoms with Crippen LogP contribution in [0.5, 0.6) is 0 Å². The van der Waals surface area contributed by atoms with Crippen molar-refractivity contribution in [2.24, 2.45) is 0 Å². The van der Waals surface area contributed by atoms with Crippen LogP contribution in [-0.4, -0.2) is 22.5 Å². The van der Waals surface area contributed by atoms with Crippen molar-refractivity contribution in [1.82, 2.24) is 5.32 Å². The Kier molecular flexibility index (Phi) is 3.06. The van der Waals surface area contributed by atoms with Crippen LogP contribution in [0, 0.1) is 10.1 Å². The van der Waals surface area contributed by atoms with Crippen molar-refractivity contribution in [3.05, 3.63) is 39.4 Å². The van der Waals surface area contributed by atoms with Gasteiger partial charge in [0.1, 0.15) is 0 Å². The van der Waals surface area contributed by atoms with Crippen LogP contribution in [-0.2, 0) is 0 Å². The van der Waals surface area contributed by atoms with Crippen molar-refractivity contribution in [3.63, 3.8) is 0 Å². The summed E-state index contributed by atoms with van der Waals surface area (Å²) < 4.78 is 0. The van der Waals surface area contributed by atoms with Crippen LogP contribution >= 0.6 is 0 Å². The molecular weight excluding hydrogens is 224 g/mol. The van der Waals surface area contributed by atoms with Gasteiger partial charge in [-0.05, 0) is 31.5 Å². The molecule has 1 aliphatic heterocycles. The predicted octanol–water partition coefficient (Wildman–Crippen LogP) is 1.72. The summed E-state index contributed by atoms with van der Waals surface area (Å²) in [7, 11) is 0. The highest BCUT2D eigenvalue weighted by molar-refractivity contribution is 5.88. The number of hydrogen-bond acceptors (Lipinski definition) is 4. The van der Waals surface area contributed by atoms with E-state index in [2.05, 4.69) is 5.32 Å². The minimum atomic E-state index is -1.15. The SMILES string of the molecule is O=C(O)c1ccc([C@H]2CCCN2)c([N+](=O)[O-])c1. The number of carboxylic acid groups (broad SMARTS) is 1. The number of nitrogens with one attached hydrogen (secondary N) is 1. The number of rotatable bonds is 3. The highest BCUT2D eigenvalue weighted by Crippen LogP contribution is 2.31. The Bertz CT molecular complexity index is 467. The molecule has 1 fully saturated rings. The van der Waals surface area contributed by atoms with Gasteiger partial charge in [-0.1, -0.05) is 0 Å². The van der Waals surface area contributed by atoms with Crippen molar-refractivity contribution in [2.75, 3.05) is 6.54 Å². The Morgan fingerprint density at radius 3 is 2.82 bits per heavy atom. The van der Waals surface area contributed by atoms with Gasteiger partial charge < -0.3 is 10.4 Å². The van der Waals surface area contributed by atoms with Gasteiger partial charge in [-0.2, -0.15) is 0 Å². The van der Waals surface area contributed by atoms with Crippen molar-refractivity contribution in [2.45, 2.75) is 18.9 Å². The number of carboxylic acids is 1. The van der Waals surface area contributed by atoms with Crippen molar-refractivity contribution in [1.29, 1.82) is 0 Å². The molecule has 1 heterocycles. The van der Waals surface area contributed by atoms with Crippen LogP contribution < -0.4 is 5.32 Å². The van der Waals surface area contributed by atoms with E-state index in [9.17, 15) is 14.9 Å². The first-order chi connectivity index (χ1) is 8.09. The lowest BCUT2D eigenvalue weighted by molar-refractivity contribution is -0.385. The molecule has 6 heteroatoms. The Balaban J connectivity index is 2.44. The molecule has 1 aromatic carbocycles. The second-order valence-corrected chi connectivity index (χ2v) is 3.98. The molecule has 0 amide bonds. The Hall–Kier alpha value is -1.95. The topological polar surface area (TPSA) is 92.5 Å². The molecule has 2 rings (SSSR count). The second kappa shape index (κ2) is 4.50. The molecule has 1 aliphatic rings. The molecule has 1 saturated heterocycles. The third kappa shape index (κ3) is 2.26. The van der Waals surface area contributed by atoms with Crippen LogP contribution in [0.25, 0.3) is 0 Å². The minimum absolute atomic E-state index is 0.0433. The average molecular weight is 236 g/mol. The van der Waals surface area contributed by atoms with Crippen LogP contribution in [0.4, 0.5) is 5.69 Å². The van der Waals surface area contributed by atoms with Gasteiger partial charge >= 0.3 is 5.97 Å². The first-order valence-corrected chi connectivity index (χ1v) is 5.34. The minimum Gasteiger partial charge on any atom is -0.478 e. The number of carbonyl (C=O) groups is 1. The number of nitro benzene ring substituents is 1. The van der Waals surface area contributed by atoms with E-state index in [1.165, 1.54) is 12.1 Å². The first kappa shape index (κ1) is 11.5. The third-order valence-electron chi connectivity index (χ3n) is 2.91. The Morgan fingerprint density at radius 1 is 1.53 bits per heavy atom. The normalized spacial score (nSPS) is 19.2. The van der Waals surface area contributed by atoms with Crippen molar-refractivity contribution < 1.29 is 14.8 Å². The van der Waals surface area contributed by atoms with Gasteiger partial charge in [0.15, 0.2) is 0 Å². The molecular formula is C11H12N2O4. The summed E-state index contributed by atoms with van der Waals surface area (Å²) in [5, 5.41) is 22.9. The molecule has 0 spiro atoms. The average Bonchev–Trinajstić information content (AvgIpc) is 2.81. The molecule has 6 nitrogen and oxygen atoms in total. The second-order valence-electron chi connectivity index (χ2n) is 3.98. The third-order valence-corrected chi connectivity index (χ3v) is 2.91. The van der Waals surface area contributed by atoms with Crippen LogP contribution in [0.1, 0.15) is 34.8 Å². The highest BCUT2D eigenvalue weighted by atomic mass is 16.6. The summed E-state index contributed by atoms with van der Waals surface area (Å²) in [6.07, 6.45) is 1.82. The molecule has 0 unspecified atom stereocenters. The lowest BCUT2D eigenvalue weighted by Crippen LogP contribution is -2.15. The zero-order chi connectivity index (χ0) is 12.4. The molecule has 1 atom stereocenters. The summed E-state index contributed by atoms with van der Waals surface area (Å²) in [5.41, 5.74) is 0.389. The molecule has 90 valence electrons. The number of benzene rings is 1. The molecule has 0 saturated carbocycles. The molecule has 0 bridgehead atoms. The van der Waals surface area contributed by atoms with Crippen molar-refractivity contribution >= 4 is 11.7 Å². The van der Waals surface area contributed by atoms with Crippen LogP contribution in [0.15, 0.2) is 18.2 Å². The summed E-state index contributed by atoms with van der Waals surface area (Å²) >= 11 is 0. The lowest BCUT2D eigenvalue weighted by Gasteiger charge is -2.11. The maximum Gasteiger partial charge on any atom is 0.335 e. The molecule has 17 heavy (non-hydrogen) atoms. The van der Waals surface area contributed by atoms with Crippen LogP contribution in [0.2, 0.25) is 0 Å².